The molecule has 6 nitrogen and oxygen atoms in total. The van der Waals surface area contributed by atoms with Crippen LogP contribution in [0, 0.1) is 0 Å². The third kappa shape index (κ3) is 2.65. The molecule has 2 heterocycles. The van der Waals surface area contributed by atoms with E-state index in [4.69, 9.17) is 11.6 Å². The second-order valence-electron chi connectivity index (χ2n) is 5.06. The summed E-state index contributed by atoms with van der Waals surface area (Å²) in [6.45, 7) is 3.83. The van der Waals surface area contributed by atoms with Crippen LogP contribution in [-0.4, -0.2) is 19.5 Å². The lowest BCUT2D eigenvalue weighted by molar-refractivity contribution is 0.581. The Bertz CT molecular complexity index is 873. The molecular weight excluding hydrogens is 302 g/mol. The van der Waals surface area contributed by atoms with Crippen molar-refractivity contribution in [1.82, 2.24) is 19.5 Å². The quantitative estimate of drug-likeness (QED) is 0.803. The van der Waals surface area contributed by atoms with Crippen LogP contribution >= 0.6 is 11.6 Å². The second-order valence-corrected chi connectivity index (χ2v) is 5.50. The smallest absolute Gasteiger partial charge is 0.283 e. The summed E-state index contributed by atoms with van der Waals surface area (Å²) in [6, 6.07) is 7.10. The molecular formula is C15H14ClN5O. The van der Waals surface area contributed by atoms with Crippen LogP contribution in [0.25, 0.3) is 11.2 Å². The minimum atomic E-state index is -0.218. The highest BCUT2D eigenvalue weighted by Crippen LogP contribution is 2.20. The molecule has 7 heteroatoms. The van der Waals surface area contributed by atoms with Crippen molar-refractivity contribution in [3.8, 4) is 0 Å². The lowest BCUT2D eigenvalue weighted by Gasteiger charge is -2.16. The molecule has 0 amide bonds. The van der Waals surface area contributed by atoms with Gasteiger partial charge in [0, 0.05) is 29.1 Å². The van der Waals surface area contributed by atoms with E-state index in [1.165, 1.54) is 12.4 Å². The Morgan fingerprint density at radius 2 is 1.82 bits per heavy atom. The summed E-state index contributed by atoms with van der Waals surface area (Å²) in [5.74, 6) is 0.426. The maximum absolute atomic E-state index is 12.6. The Balaban J connectivity index is 2.17. The minimum Gasteiger partial charge on any atom is -0.325 e. The molecule has 112 valence electrons. The molecule has 0 aliphatic rings. The average molecular weight is 316 g/mol. The molecule has 0 bridgehead atoms. The fourth-order valence-corrected chi connectivity index (χ4v) is 2.28. The Kier molecular flexibility index (Phi) is 3.77. The van der Waals surface area contributed by atoms with Crippen molar-refractivity contribution in [2.45, 2.75) is 19.9 Å². The topological polar surface area (TPSA) is 72.7 Å². The van der Waals surface area contributed by atoms with Crippen molar-refractivity contribution in [2.75, 3.05) is 5.32 Å². The maximum Gasteiger partial charge on any atom is 0.283 e. The minimum absolute atomic E-state index is 0.0683. The SMILES string of the molecule is CC(C)n1c(Nc2ccc(Cl)cc2)nc2nccnc2c1=O. The van der Waals surface area contributed by atoms with Gasteiger partial charge in [-0.05, 0) is 38.1 Å². The van der Waals surface area contributed by atoms with Crippen LogP contribution in [0.4, 0.5) is 11.6 Å². The first-order valence-corrected chi connectivity index (χ1v) is 7.20. The fraction of sp³-hybridized carbons (Fsp3) is 0.200. The fourth-order valence-electron chi connectivity index (χ4n) is 2.16. The predicted molar refractivity (Wildman–Crippen MR) is 86.7 cm³/mol. The van der Waals surface area contributed by atoms with Crippen LogP contribution in [0.5, 0.6) is 0 Å². The number of anilines is 2. The molecule has 0 aliphatic carbocycles. The van der Waals surface area contributed by atoms with Crippen LogP contribution in [-0.2, 0) is 0 Å². The number of benzene rings is 1. The third-order valence-electron chi connectivity index (χ3n) is 3.16. The van der Waals surface area contributed by atoms with Gasteiger partial charge in [0.25, 0.3) is 5.56 Å². The lowest BCUT2D eigenvalue weighted by Crippen LogP contribution is -2.26. The molecule has 3 rings (SSSR count). The van der Waals surface area contributed by atoms with E-state index in [-0.39, 0.29) is 17.1 Å². The Labute approximate surface area is 131 Å². The number of halogens is 1. The average Bonchev–Trinajstić information content (AvgIpc) is 2.49. The van der Waals surface area contributed by atoms with Gasteiger partial charge in [0.15, 0.2) is 11.2 Å². The largest absolute Gasteiger partial charge is 0.325 e. The third-order valence-corrected chi connectivity index (χ3v) is 3.41. The molecule has 22 heavy (non-hydrogen) atoms. The van der Waals surface area contributed by atoms with Gasteiger partial charge in [-0.25, -0.2) is 9.97 Å². The van der Waals surface area contributed by atoms with E-state index in [1.54, 1.807) is 16.7 Å². The van der Waals surface area contributed by atoms with Gasteiger partial charge in [0.05, 0.1) is 0 Å². The highest BCUT2D eigenvalue weighted by atomic mass is 35.5. The lowest BCUT2D eigenvalue weighted by atomic mass is 10.3. The molecule has 0 radical (unpaired) electrons. The number of fused-ring (bicyclic) bond motifs is 1. The molecule has 0 spiro atoms. The normalized spacial score (nSPS) is 11.1. The van der Waals surface area contributed by atoms with E-state index in [0.717, 1.165) is 5.69 Å². The molecule has 0 fully saturated rings. The number of aromatic nitrogens is 4. The molecule has 1 N–H and O–H groups in total. The number of hydrogen-bond donors (Lipinski definition) is 1. The van der Waals surface area contributed by atoms with E-state index in [0.29, 0.717) is 16.6 Å². The first-order chi connectivity index (χ1) is 10.6. The van der Waals surface area contributed by atoms with Crippen molar-refractivity contribution in [3.05, 3.63) is 52.0 Å². The highest BCUT2D eigenvalue weighted by Gasteiger charge is 2.15. The van der Waals surface area contributed by atoms with Crippen molar-refractivity contribution >= 4 is 34.4 Å². The standard InChI is InChI=1S/C15H14ClN5O/c1-9(2)21-14(22)12-13(18-8-7-17-12)20-15(21)19-11-5-3-10(16)4-6-11/h3-9H,1-2H3,(H,18,19,20). The Morgan fingerprint density at radius 1 is 1.14 bits per heavy atom. The van der Waals surface area contributed by atoms with Crippen molar-refractivity contribution in [2.24, 2.45) is 0 Å². The van der Waals surface area contributed by atoms with Crippen LogP contribution < -0.4 is 10.9 Å². The summed E-state index contributed by atoms with van der Waals surface area (Å²) in [5.41, 5.74) is 1.15. The molecule has 2 aromatic heterocycles. The van der Waals surface area contributed by atoms with E-state index >= 15 is 0 Å². The van der Waals surface area contributed by atoms with Crippen LogP contribution in [0.2, 0.25) is 5.02 Å². The van der Waals surface area contributed by atoms with Gasteiger partial charge in [-0.1, -0.05) is 11.6 Å². The predicted octanol–water partition coefficient (Wildman–Crippen LogP) is 3.16. The number of nitrogens with zero attached hydrogens (tertiary/aromatic N) is 4. The van der Waals surface area contributed by atoms with Crippen molar-refractivity contribution in [1.29, 1.82) is 0 Å². The van der Waals surface area contributed by atoms with E-state index < -0.39 is 0 Å². The zero-order chi connectivity index (χ0) is 15.7. The zero-order valence-corrected chi connectivity index (χ0v) is 12.9. The Morgan fingerprint density at radius 3 is 2.50 bits per heavy atom. The van der Waals surface area contributed by atoms with Gasteiger partial charge < -0.3 is 5.32 Å². The van der Waals surface area contributed by atoms with E-state index in [9.17, 15) is 4.79 Å². The van der Waals surface area contributed by atoms with Crippen LogP contribution in [0.3, 0.4) is 0 Å². The van der Waals surface area contributed by atoms with Crippen molar-refractivity contribution in [3.63, 3.8) is 0 Å². The summed E-state index contributed by atoms with van der Waals surface area (Å²) in [6.07, 6.45) is 3.00. The molecule has 1 aromatic carbocycles. The zero-order valence-electron chi connectivity index (χ0n) is 12.1. The van der Waals surface area contributed by atoms with Crippen LogP contribution in [0.15, 0.2) is 41.5 Å². The molecule has 0 atom stereocenters. The summed E-state index contributed by atoms with van der Waals surface area (Å²) >= 11 is 5.88. The summed E-state index contributed by atoms with van der Waals surface area (Å²) in [5, 5.41) is 3.78. The molecule has 0 unspecified atom stereocenters. The molecule has 3 aromatic rings. The maximum atomic E-state index is 12.6. The van der Waals surface area contributed by atoms with E-state index in [1.807, 2.05) is 26.0 Å². The highest BCUT2D eigenvalue weighted by molar-refractivity contribution is 6.30. The number of rotatable bonds is 3. The molecule has 0 saturated heterocycles. The van der Waals surface area contributed by atoms with Gasteiger partial charge in [0.1, 0.15) is 0 Å². The summed E-state index contributed by atoms with van der Waals surface area (Å²) in [4.78, 5) is 25.2. The molecule has 0 saturated carbocycles. The van der Waals surface area contributed by atoms with Crippen molar-refractivity contribution < 1.29 is 0 Å². The summed E-state index contributed by atoms with van der Waals surface area (Å²) in [7, 11) is 0. The van der Waals surface area contributed by atoms with E-state index in [2.05, 4.69) is 20.3 Å². The van der Waals surface area contributed by atoms with Gasteiger partial charge in [-0.15, -0.1) is 0 Å². The van der Waals surface area contributed by atoms with Gasteiger partial charge in [0.2, 0.25) is 5.95 Å². The Hall–Kier alpha value is -2.47. The van der Waals surface area contributed by atoms with Gasteiger partial charge >= 0.3 is 0 Å². The molecule has 0 aliphatic heterocycles. The van der Waals surface area contributed by atoms with Gasteiger partial charge in [-0.2, -0.15) is 4.98 Å². The summed E-state index contributed by atoms with van der Waals surface area (Å²) < 4.78 is 1.56. The van der Waals surface area contributed by atoms with Gasteiger partial charge in [-0.3, -0.25) is 9.36 Å². The monoisotopic (exact) mass is 315 g/mol. The van der Waals surface area contributed by atoms with Crippen LogP contribution in [0.1, 0.15) is 19.9 Å². The first kappa shape index (κ1) is 14.5. The number of hydrogen-bond acceptors (Lipinski definition) is 5. The number of nitrogens with one attached hydrogen (secondary N) is 1. The first-order valence-electron chi connectivity index (χ1n) is 6.82. The second kappa shape index (κ2) is 5.73.